The highest BCUT2D eigenvalue weighted by Gasteiger charge is 2.35. The van der Waals surface area contributed by atoms with Gasteiger partial charge in [0, 0.05) is 57.1 Å². The second kappa shape index (κ2) is 8.67. The molecule has 3 heterocycles. The molecule has 0 spiro atoms. The van der Waals surface area contributed by atoms with Gasteiger partial charge in [-0.15, -0.1) is 0 Å². The lowest BCUT2D eigenvalue weighted by molar-refractivity contribution is -0.137. The van der Waals surface area contributed by atoms with E-state index in [4.69, 9.17) is 4.98 Å². The van der Waals surface area contributed by atoms with Crippen LogP contribution in [-0.2, 0) is 4.79 Å². The van der Waals surface area contributed by atoms with E-state index >= 15 is 0 Å². The molecule has 0 amide bonds. The molecule has 0 radical (unpaired) electrons. The van der Waals surface area contributed by atoms with Crippen molar-refractivity contribution in [3.8, 4) is 0 Å². The molecule has 6 heteroatoms. The Morgan fingerprint density at radius 3 is 2.69 bits per heavy atom. The van der Waals surface area contributed by atoms with Gasteiger partial charge in [0.05, 0.1) is 5.52 Å². The summed E-state index contributed by atoms with van der Waals surface area (Å²) < 4.78 is 0. The molecule has 2 aliphatic rings. The summed E-state index contributed by atoms with van der Waals surface area (Å²) in [7, 11) is 2.18. The Labute approximate surface area is 173 Å². The highest BCUT2D eigenvalue weighted by Crippen LogP contribution is 2.31. The molecule has 2 saturated heterocycles. The summed E-state index contributed by atoms with van der Waals surface area (Å²) in [6, 6.07) is 10.9. The molecule has 4 rings (SSSR count). The predicted molar refractivity (Wildman–Crippen MR) is 117 cm³/mol. The summed E-state index contributed by atoms with van der Waals surface area (Å²) in [6.07, 6.45) is 2.05. The number of piperidine rings is 1. The summed E-state index contributed by atoms with van der Waals surface area (Å²) in [5.74, 6) is 0.689. The monoisotopic (exact) mass is 396 g/mol. The maximum Gasteiger partial charge on any atom is 0.303 e. The van der Waals surface area contributed by atoms with Crippen molar-refractivity contribution in [1.82, 2.24) is 14.8 Å². The quantitative estimate of drug-likeness (QED) is 0.839. The van der Waals surface area contributed by atoms with Crippen LogP contribution in [0.1, 0.15) is 24.8 Å². The number of carbonyl (C=O) groups is 1. The van der Waals surface area contributed by atoms with Gasteiger partial charge in [-0.2, -0.15) is 0 Å². The van der Waals surface area contributed by atoms with E-state index in [0.717, 1.165) is 63.4 Å². The summed E-state index contributed by atoms with van der Waals surface area (Å²) in [5.41, 5.74) is 2.28. The molecular weight excluding hydrogens is 364 g/mol. The van der Waals surface area contributed by atoms with Crippen molar-refractivity contribution in [3.63, 3.8) is 0 Å². The third-order valence-corrected chi connectivity index (χ3v) is 6.66. The number of piperazine rings is 1. The van der Waals surface area contributed by atoms with Crippen molar-refractivity contribution in [3.05, 3.63) is 35.9 Å². The number of carboxylic acids is 1. The van der Waals surface area contributed by atoms with E-state index in [2.05, 4.69) is 52.9 Å². The summed E-state index contributed by atoms with van der Waals surface area (Å²) in [6.45, 7) is 8.36. The minimum absolute atomic E-state index is 0.243. The fourth-order valence-electron chi connectivity index (χ4n) is 4.95. The average molecular weight is 397 g/mol. The van der Waals surface area contributed by atoms with Crippen LogP contribution in [0.4, 0.5) is 5.82 Å². The Kier molecular flexibility index (Phi) is 6.01. The van der Waals surface area contributed by atoms with E-state index in [1.165, 1.54) is 10.9 Å². The molecule has 2 atom stereocenters. The van der Waals surface area contributed by atoms with Crippen molar-refractivity contribution in [2.24, 2.45) is 5.92 Å². The van der Waals surface area contributed by atoms with E-state index in [0.29, 0.717) is 12.0 Å². The largest absolute Gasteiger partial charge is 0.481 e. The number of aromatic nitrogens is 1. The minimum atomic E-state index is -0.695. The summed E-state index contributed by atoms with van der Waals surface area (Å²) in [4.78, 5) is 23.5. The molecule has 0 aliphatic carbocycles. The Hall–Kier alpha value is -2.18. The van der Waals surface area contributed by atoms with Crippen LogP contribution in [-0.4, -0.2) is 78.2 Å². The number of carboxylic acid groups (broad SMARTS) is 1. The smallest absolute Gasteiger partial charge is 0.303 e. The van der Waals surface area contributed by atoms with Gasteiger partial charge in [0.1, 0.15) is 5.82 Å². The van der Waals surface area contributed by atoms with Gasteiger partial charge in [-0.1, -0.05) is 18.2 Å². The van der Waals surface area contributed by atoms with Gasteiger partial charge in [0.25, 0.3) is 0 Å². The van der Waals surface area contributed by atoms with Crippen LogP contribution in [0.15, 0.2) is 30.3 Å². The Morgan fingerprint density at radius 2 is 1.93 bits per heavy atom. The van der Waals surface area contributed by atoms with Crippen LogP contribution >= 0.6 is 0 Å². The fourth-order valence-corrected chi connectivity index (χ4v) is 4.95. The molecule has 0 saturated carbocycles. The number of pyridine rings is 1. The normalized spacial score (nSPS) is 24.1. The number of aryl methyl sites for hydroxylation is 1. The Bertz CT molecular complexity index is 863. The van der Waals surface area contributed by atoms with Crippen LogP contribution in [0.3, 0.4) is 0 Å². The lowest BCUT2D eigenvalue weighted by atomic mass is 9.86. The topological polar surface area (TPSA) is 59.9 Å². The molecule has 29 heavy (non-hydrogen) atoms. The van der Waals surface area contributed by atoms with E-state index in [1.54, 1.807) is 0 Å². The average Bonchev–Trinajstić information content (AvgIpc) is 2.73. The van der Waals surface area contributed by atoms with Crippen LogP contribution in [0.5, 0.6) is 0 Å². The van der Waals surface area contributed by atoms with Crippen molar-refractivity contribution >= 4 is 22.7 Å². The lowest BCUT2D eigenvalue weighted by Gasteiger charge is -2.46. The number of benzene rings is 1. The first-order valence-electron chi connectivity index (χ1n) is 10.8. The Balaban J connectivity index is 1.54. The fraction of sp³-hybridized carbons (Fsp3) is 0.565. The van der Waals surface area contributed by atoms with Gasteiger partial charge in [-0.3, -0.25) is 9.69 Å². The minimum Gasteiger partial charge on any atom is -0.481 e. The van der Waals surface area contributed by atoms with Crippen LogP contribution in [0.2, 0.25) is 0 Å². The zero-order valence-corrected chi connectivity index (χ0v) is 17.5. The standard InChI is InChI=1S/C23H32N4O2/c1-17-15-22(24-20-6-4-3-5-19(17)20)27-10-9-21(18(16-27)7-8-23(28)29)26-13-11-25(2)12-14-26/h3-6,15,18,21H,7-14,16H2,1-2H3,(H,28,29)/t18-,21+/m0/s1. The highest BCUT2D eigenvalue weighted by atomic mass is 16.4. The summed E-state index contributed by atoms with van der Waals surface area (Å²) in [5, 5.41) is 10.5. The second-order valence-electron chi connectivity index (χ2n) is 8.65. The number of para-hydroxylation sites is 1. The lowest BCUT2D eigenvalue weighted by Crippen LogP contribution is -2.56. The summed E-state index contributed by atoms with van der Waals surface area (Å²) >= 11 is 0. The number of likely N-dealkylation sites (N-methyl/N-ethyl adjacent to an activating group) is 1. The number of nitrogens with zero attached hydrogens (tertiary/aromatic N) is 4. The van der Waals surface area contributed by atoms with Crippen molar-refractivity contribution in [2.45, 2.75) is 32.2 Å². The van der Waals surface area contributed by atoms with Crippen LogP contribution < -0.4 is 4.90 Å². The number of hydrogen-bond donors (Lipinski definition) is 1. The SMILES string of the molecule is Cc1cc(N2CC[C@@H](N3CCN(C)CC3)[C@@H](CCC(=O)O)C2)nc2ccccc12. The molecule has 1 aromatic carbocycles. The number of aliphatic carboxylic acids is 1. The second-order valence-corrected chi connectivity index (χ2v) is 8.65. The molecule has 0 unspecified atom stereocenters. The zero-order chi connectivity index (χ0) is 20.4. The third-order valence-electron chi connectivity index (χ3n) is 6.66. The third kappa shape index (κ3) is 4.54. The zero-order valence-electron chi connectivity index (χ0n) is 17.5. The number of hydrogen-bond acceptors (Lipinski definition) is 5. The molecule has 1 aromatic heterocycles. The van der Waals surface area contributed by atoms with Crippen LogP contribution in [0, 0.1) is 12.8 Å². The Morgan fingerprint density at radius 1 is 1.17 bits per heavy atom. The first kappa shape index (κ1) is 20.1. The van der Waals surface area contributed by atoms with Crippen molar-refractivity contribution in [1.29, 1.82) is 0 Å². The molecule has 2 aromatic rings. The molecular formula is C23H32N4O2. The maximum atomic E-state index is 11.3. The number of anilines is 1. The first-order chi connectivity index (χ1) is 14.0. The molecule has 2 aliphatic heterocycles. The first-order valence-corrected chi connectivity index (χ1v) is 10.8. The molecule has 0 bridgehead atoms. The van der Waals surface area contributed by atoms with E-state index in [-0.39, 0.29) is 6.42 Å². The van der Waals surface area contributed by atoms with Crippen molar-refractivity contribution < 1.29 is 9.90 Å². The van der Waals surface area contributed by atoms with Crippen molar-refractivity contribution in [2.75, 3.05) is 51.2 Å². The van der Waals surface area contributed by atoms with Gasteiger partial charge in [-0.25, -0.2) is 4.98 Å². The molecule has 6 nitrogen and oxygen atoms in total. The highest BCUT2D eigenvalue weighted by molar-refractivity contribution is 5.83. The van der Waals surface area contributed by atoms with Gasteiger partial charge >= 0.3 is 5.97 Å². The van der Waals surface area contributed by atoms with E-state index in [9.17, 15) is 9.90 Å². The molecule has 2 fully saturated rings. The van der Waals surface area contributed by atoms with Gasteiger partial charge < -0.3 is 14.9 Å². The van der Waals surface area contributed by atoms with E-state index in [1.807, 2.05) is 6.07 Å². The number of rotatable bonds is 5. The van der Waals surface area contributed by atoms with Crippen LogP contribution in [0.25, 0.3) is 10.9 Å². The maximum absolute atomic E-state index is 11.3. The van der Waals surface area contributed by atoms with E-state index < -0.39 is 5.97 Å². The molecule has 156 valence electrons. The van der Waals surface area contributed by atoms with Gasteiger partial charge in [0.2, 0.25) is 0 Å². The molecule has 1 N–H and O–H groups in total. The van der Waals surface area contributed by atoms with Gasteiger partial charge in [0.15, 0.2) is 0 Å². The predicted octanol–water partition coefficient (Wildman–Crippen LogP) is 2.85. The van der Waals surface area contributed by atoms with Gasteiger partial charge in [-0.05, 0) is 50.4 Å². The number of fused-ring (bicyclic) bond motifs is 1.